The maximum absolute atomic E-state index is 12.9. The molecule has 1 saturated heterocycles. The lowest BCUT2D eigenvalue weighted by atomic mass is 10.1. The van der Waals surface area contributed by atoms with Gasteiger partial charge in [0.25, 0.3) is 5.91 Å². The number of hydrogen-bond donors (Lipinski definition) is 4. The smallest absolute Gasteiger partial charge is 0.335 e. The molecule has 11 heteroatoms. The molecule has 0 unspecified atom stereocenters. The van der Waals surface area contributed by atoms with Crippen LogP contribution in [0.2, 0.25) is 0 Å². The zero-order chi connectivity index (χ0) is 22.9. The van der Waals surface area contributed by atoms with E-state index >= 15 is 0 Å². The van der Waals surface area contributed by atoms with Crippen LogP contribution in [-0.4, -0.2) is 62.8 Å². The maximum Gasteiger partial charge on any atom is 0.335 e. The van der Waals surface area contributed by atoms with Gasteiger partial charge in [-0.3, -0.25) is 14.3 Å². The zero-order valence-corrected chi connectivity index (χ0v) is 18.2. The van der Waals surface area contributed by atoms with Crippen molar-refractivity contribution in [2.24, 2.45) is 0 Å². The first-order valence-corrected chi connectivity index (χ1v) is 11.1. The first-order valence-electron chi connectivity index (χ1n) is 10.3. The van der Waals surface area contributed by atoms with E-state index in [-0.39, 0.29) is 23.0 Å². The number of piperazine rings is 1. The summed E-state index contributed by atoms with van der Waals surface area (Å²) >= 11 is 1.19. The number of hydrogen-bond acceptors (Lipinski definition) is 8. The number of nitrogens with zero attached hydrogens (tertiary/aromatic N) is 4. The fraction of sp³-hybridized carbons (Fsp3) is 0.182. The Hall–Kier alpha value is -3.96. The minimum Gasteiger partial charge on any atom is -0.494 e. The van der Waals surface area contributed by atoms with Gasteiger partial charge in [0, 0.05) is 54.7 Å². The number of amides is 1. The van der Waals surface area contributed by atoms with Crippen LogP contribution in [0.1, 0.15) is 20.8 Å². The third kappa shape index (κ3) is 3.99. The third-order valence-electron chi connectivity index (χ3n) is 5.47. The van der Waals surface area contributed by atoms with Crippen LogP contribution in [0.15, 0.2) is 48.2 Å². The number of aromatic hydroxyl groups is 1. The minimum absolute atomic E-state index is 0.0755. The van der Waals surface area contributed by atoms with Crippen LogP contribution in [0.3, 0.4) is 0 Å². The van der Waals surface area contributed by atoms with E-state index in [1.807, 2.05) is 6.07 Å². The van der Waals surface area contributed by atoms with Crippen molar-refractivity contribution in [3.8, 4) is 11.0 Å². The Kier molecular flexibility index (Phi) is 5.40. The zero-order valence-electron chi connectivity index (χ0n) is 17.4. The average molecular weight is 465 g/mol. The molecule has 1 aliphatic heterocycles. The molecule has 3 aromatic heterocycles. The number of pyridine rings is 1. The molecule has 4 heterocycles. The van der Waals surface area contributed by atoms with Gasteiger partial charge in [-0.2, -0.15) is 0 Å². The summed E-state index contributed by atoms with van der Waals surface area (Å²) in [5.74, 6) is -1.60. The Morgan fingerprint density at radius 2 is 2.00 bits per heavy atom. The van der Waals surface area contributed by atoms with Gasteiger partial charge in [0.05, 0.1) is 23.1 Å². The molecule has 1 amide bonds. The van der Waals surface area contributed by atoms with E-state index in [4.69, 9.17) is 0 Å². The van der Waals surface area contributed by atoms with Gasteiger partial charge in [0.15, 0.2) is 5.13 Å². The lowest BCUT2D eigenvalue weighted by Gasteiger charge is -2.30. The molecule has 5 rings (SSSR count). The summed E-state index contributed by atoms with van der Waals surface area (Å²) in [6, 6.07) is 6.38. The molecule has 168 valence electrons. The molecule has 0 atom stereocenters. The SMILES string of the molecule is O=C(O)c1ccc2cn(-c3nc(C(=O)Nc4cnccc4N4CCNCC4)cs3)c(O)c2c1. The monoisotopic (exact) mass is 464 g/mol. The summed E-state index contributed by atoms with van der Waals surface area (Å²) in [5, 5.41) is 29.1. The van der Waals surface area contributed by atoms with E-state index in [0.717, 1.165) is 31.9 Å². The first-order chi connectivity index (χ1) is 16.0. The molecule has 0 aliphatic carbocycles. The van der Waals surface area contributed by atoms with E-state index in [0.29, 0.717) is 21.6 Å². The highest BCUT2D eigenvalue weighted by Gasteiger charge is 2.19. The van der Waals surface area contributed by atoms with E-state index in [1.54, 1.807) is 30.0 Å². The molecule has 0 bridgehead atoms. The second-order valence-electron chi connectivity index (χ2n) is 7.53. The van der Waals surface area contributed by atoms with Gasteiger partial charge >= 0.3 is 5.97 Å². The first kappa shape index (κ1) is 20.9. The quantitative estimate of drug-likeness (QED) is 0.354. The van der Waals surface area contributed by atoms with Crippen LogP contribution in [0.25, 0.3) is 15.9 Å². The molecule has 1 fully saturated rings. The van der Waals surface area contributed by atoms with Crippen LogP contribution >= 0.6 is 11.3 Å². The number of carboxylic acids is 1. The van der Waals surface area contributed by atoms with Crippen LogP contribution in [0.5, 0.6) is 5.88 Å². The van der Waals surface area contributed by atoms with Crippen molar-refractivity contribution in [1.29, 1.82) is 0 Å². The second kappa shape index (κ2) is 8.52. The molecule has 0 saturated carbocycles. The number of aromatic carboxylic acids is 1. The van der Waals surface area contributed by atoms with Gasteiger partial charge in [-0.15, -0.1) is 11.3 Å². The Bertz CT molecular complexity index is 1360. The van der Waals surface area contributed by atoms with Crippen LogP contribution < -0.4 is 15.5 Å². The van der Waals surface area contributed by atoms with Crippen molar-refractivity contribution < 1.29 is 19.8 Å². The van der Waals surface area contributed by atoms with Gasteiger partial charge in [-0.25, -0.2) is 9.78 Å². The molecule has 1 aromatic carbocycles. The van der Waals surface area contributed by atoms with Crippen molar-refractivity contribution in [1.82, 2.24) is 19.9 Å². The molecular formula is C22H20N6O4S. The second-order valence-corrected chi connectivity index (χ2v) is 8.37. The van der Waals surface area contributed by atoms with Crippen molar-refractivity contribution in [3.63, 3.8) is 0 Å². The summed E-state index contributed by atoms with van der Waals surface area (Å²) in [5.41, 5.74) is 1.79. The topological polar surface area (TPSA) is 133 Å². The number of thiazole rings is 1. The molecule has 33 heavy (non-hydrogen) atoms. The summed E-state index contributed by atoms with van der Waals surface area (Å²) < 4.78 is 1.44. The number of aromatic nitrogens is 3. The van der Waals surface area contributed by atoms with E-state index in [2.05, 4.69) is 25.5 Å². The average Bonchev–Trinajstić information content (AvgIpc) is 3.45. The predicted octanol–water partition coefficient (Wildman–Crippen LogP) is 2.55. The maximum atomic E-state index is 12.9. The lowest BCUT2D eigenvalue weighted by Crippen LogP contribution is -2.43. The van der Waals surface area contributed by atoms with Gasteiger partial charge in [-0.1, -0.05) is 6.07 Å². The Balaban J connectivity index is 1.40. The summed E-state index contributed by atoms with van der Waals surface area (Å²) in [6.45, 7) is 3.40. The van der Waals surface area contributed by atoms with Crippen LogP contribution in [0.4, 0.5) is 11.4 Å². The highest BCUT2D eigenvalue weighted by Crippen LogP contribution is 2.32. The van der Waals surface area contributed by atoms with Crippen LogP contribution in [0, 0.1) is 0 Å². The molecule has 4 aromatic rings. The van der Waals surface area contributed by atoms with Gasteiger partial charge in [0.1, 0.15) is 5.69 Å². The number of anilines is 2. The third-order valence-corrected chi connectivity index (χ3v) is 6.31. The fourth-order valence-corrected chi connectivity index (χ4v) is 4.58. The standard InChI is InChI=1S/C22H20N6O4S/c29-19(25-16-10-24-4-3-18(16)27-7-5-23-6-8-27)17-12-33-22(26-17)28-11-14-2-1-13(21(31)32)9-15(14)20(28)30/h1-4,9-12,23,30H,5-8H2,(H,25,29)(H,31,32). The largest absolute Gasteiger partial charge is 0.494 e. The lowest BCUT2D eigenvalue weighted by molar-refractivity contribution is 0.0697. The predicted molar refractivity (Wildman–Crippen MR) is 125 cm³/mol. The van der Waals surface area contributed by atoms with Gasteiger partial charge in [-0.05, 0) is 18.2 Å². The Labute approximate surface area is 192 Å². The van der Waals surface area contributed by atoms with Crippen molar-refractivity contribution in [2.45, 2.75) is 0 Å². The number of benzene rings is 1. The Morgan fingerprint density at radius 3 is 2.79 bits per heavy atom. The normalized spacial score (nSPS) is 13.9. The number of nitrogens with one attached hydrogen (secondary N) is 2. The molecule has 0 spiro atoms. The number of carbonyl (C=O) groups excluding carboxylic acids is 1. The van der Waals surface area contributed by atoms with Crippen molar-refractivity contribution >= 4 is 45.4 Å². The number of carbonyl (C=O) groups is 2. The fourth-order valence-electron chi connectivity index (χ4n) is 3.80. The number of carboxylic acid groups (broad SMARTS) is 1. The van der Waals surface area contributed by atoms with E-state index < -0.39 is 5.97 Å². The summed E-state index contributed by atoms with van der Waals surface area (Å²) in [4.78, 5) is 34.9. The van der Waals surface area contributed by atoms with Crippen molar-refractivity contribution in [3.05, 3.63) is 59.5 Å². The highest BCUT2D eigenvalue weighted by atomic mass is 32.1. The van der Waals surface area contributed by atoms with E-state index in [1.165, 1.54) is 28.0 Å². The number of rotatable bonds is 5. The molecule has 4 N–H and O–H groups in total. The van der Waals surface area contributed by atoms with Crippen molar-refractivity contribution in [2.75, 3.05) is 36.4 Å². The highest BCUT2D eigenvalue weighted by molar-refractivity contribution is 7.12. The number of fused-ring (bicyclic) bond motifs is 1. The Morgan fingerprint density at radius 1 is 1.18 bits per heavy atom. The molecule has 10 nitrogen and oxygen atoms in total. The molecular weight excluding hydrogens is 444 g/mol. The molecule has 0 radical (unpaired) electrons. The van der Waals surface area contributed by atoms with E-state index in [9.17, 15) is 19.8 Å². The van der Waals surface area contributed by atoms with Gasteiger partial charge < -0.3 is 25.7 Å². The minimum atomic E-state index is -1.08. The molecule has 1 aliphatic rings. The summed E-state index contributed by atoms with van der Waals surface area (Å²) in [6.07, 6.45) is 4.97. The van der Waals surface area contributed by atoms with Gasteiger partial charge in [0.2, 0.25) is 5.88 Å². The summed E-state index contributed by atoms with van der Waals surface area (Å²) in [7, 11) is 0. The van der Waals surface area contributed by atoms with Crippen LogP contribution in [-0.2, 0) is 0 Å².